The molecule has 2 amide bonds. The van der Waals surface area contributed by atoms with E-state index in [1.807, 2.05) is 17.0 Å². The first-order chi connectivity index (χ1) is 13.2. The lowest BCUT2D eigenvalue weighted by atomic mass is 9.99. The number of amides is 2. The van der Waals surface area contributed by atoms with Gasteiger partial charge in [-0.2, -0.15) is 0 Å². The summed E-state index contributed by atoms with van der Waals surface area (Å²) in [5.74, 6) is -0.286. The third kappa shape index (κ3) is 4.11. The third-order valence-electron chi connectivity index (χ3n) is 5.57. The van der Waals surface area contributed by atoms with E-state index in [0.29, 0.717) is 6.04 Å². The molecule has 3 heterocycles. The molecule has 0 unspecified atom stereocenters. The van der Waals surface area contributed by atoms with Crippen LogP contribution in [-0.4, -0.2) is 53.0 Å². The second kappa shape index (κ2) is 8.05. The summed E-state index contributed by atoms with van der Waals surface area (Å²) in [4.78, 5) is 21.2. The van der Waals surface area contributed by atoms with Gasteiger partial charge in [-0.05, 0) is 61.3 Å². The Balaban J connectivity index is 1.42. The van der Waals surface area contributed by atoms with Crippen molar-refractivity contribution in [2.24, 2.45) is 0 Å². The van der Waals surface area contributed by atoms with Crippen LogP contribution in [0.15, 0.2) is 48.8 Å². The lowest BCUT2D eigenvalue weighted by Crippen LogP contribution is -2.63. The molecule has 0 saturated carbocycles. The van der Waals surface area contributed by atoms with Crippen LogP contribution in [0.5, 0.6) is 0 Å². The Labute approximate surface area is 159 Å². The first-order valence-electron chi connectivity index (χ1n) is 9.65. The molecule has 0 bridgehead atoms. The lowest BCUT2D eigenvalue weighted by Gasteiger charge is -2.46. The van der Waals surface area contributed by atoms with Crippen LogP contribution >= 0.6 is 0 Å². The minimum Gasteiger partial charge on any atom is -0.327 e. The summed E-state index contributed by atoms with van der Waals surface area (Å²) in [6.45, 7) is 3.85. The maximum Gasteiger partial charge on any atom is 0.318 e. The molecule has 2 aromatic rings. The Kier molecular flexibility index (Phi) is 5.34. The van der Waals surface area contributed by atoms with Crippen LogP contribution < -0.4 is 5.32 Å². The van der Waals surface area contributed by atoms with Gasteiger partial charge in [-0.3, -0.25) is 9.88 Å². The van der Waals surface area contributed by atoms with Gasteiger partial charge >= 0.3 is 6.03 Å². The molecule has 2 saturated heterocycles. The Morgan fingerprint density at radius 1 is 1.00 bits per heavy atom. The number of hydrogen-bond acceptors (Lipinski definition) is 3. The van der Waals surface area contributed by atoms with E-state index in [9.17, 15) is 9.18 Å². The first kappa shape index (κ1) is 17.9. The molecule has 1 N–H and O–H groups in total. The average Bonchev–Trinajstić information content (AvgIpc) is 2.67. The minimum absolute atomic E-state index is 0.0746. The molecule has 1 atom stereocenters. The quantitative estimate of drug-likeness (QED) is 0.902. The topological polar surface area (TPSA) is 48.5 Å². The molecule has 1 aromatic carbocycles. The number of rotatable bonds is 4. The number of aromatic nitrogens is 1. The second-order valence-electron chi connectivity index (χ2n) is 7.37. The van der Waals surface area contributed by atoms with Crippen LogP contribution in [0.4, 0.5) is 9.18 Å². The first-order valence-corrected chi connectivity index (χ1v) is 9.65. The molecule has 2 aliphatic rings. The van der Waals surface area contributed by atoms with E-state index in [2.05, 4.69) is 15.2 Å². The van der Waals surface area contributed by atoms with Gasteiger partial charge in [0.05, 0.1) is 6.04 Å². The SMILES string of the molecule is O=C(N[C@H](c1ccncc1)c1ccc(F)cc1)N1CC(N2CCCCC2)C1. The van der Waals surface area contributed by atoms with Crippen LogP contribution in [0.1, 0.15) is 36.4 Å². The number of halogens is 1. The number of urea groups is 1. The van der Waals surface area contributed by atoms with Crippen molar-refractivity contribution < 1.29 is 9.18 Å². The van der Waals surface area contributed by atoms with Crippen molar-refractivity contribution in [3.05, 3.63) is 65.7 Å². The highest BCUT2D eigenvalue weighted by molar-refractivity contribution is 5.76. The van der Waals surface area contributed by atoms with Crippen LogP contribution in [0.3, 0.4) is 0 Å². The van der Waals surface area contributed by atoms with Gasteiger partial charge < -0.3 is 10.2 Å². The predicted octanol–water partition coefficient (Wildman–Crippen LogP) is 3.19. The van der Waals surface area contributed by atoms with Crippen molar-refractivity contribution in [3.63, 3.8) is 0 Å². The monoisotopic (exact) mass is 368 g/mol. The zero-order valence-electron chi connectivity index (χ0n) is 15.4. The predicted molar refractivity (Wildman–Crippen MR) is 102 cm³/mol. The molecule has 2 aliphatic heterocycles. The molecule has 5 nitrogen and oxygen atoms in total. The van der Waals surface area contributed by atoms with E-state index < -0.39 is 0 Å². The number of hydrogen-bond donors (Lipinski definition) is 1. The average molecular weight is 368 g/mol. The van der Waals surface area contributed by atoms with Gasteiger partial charge in [-0.25, -0.2) is 9.18 Å². The molecule has 0 radical (unpaired) electrons. The van der Waals surface area contributed by atoms with Gasteiger partial charge in [0.15, 0.2) is 0 Å². The zero-order chi connectivity index (χ0) is 18.6. The summed E-state index contributed by atoms with van der Waals surface area (Å²) in [5, 5.41) is 3.11. The van der Waals surface area contributed by atoms with Gasteiger partial charge in [0.25, 0.3) is 0 Å². The summed E-state index contributed by atoms with van der Waals surface area (Å²) in [6.07, 6.45) is 7.25. The number of pyridine rings is 1. The van der Waals surface area contributed by atoms with Crippen molar-refractivity contribution in [1.29, 1.82) is 0 Å². The molecule has 1 aromatic heterocycles. The highest BCUT2D eigenvalue weighted by atomic mass is 19.1. The summed E-state index contributed by atoms with van der Waals surface area (Å²) < 4.78 is 13.3. The van der Waals surface area contributed by atoms with Gasteiger partial charge in [0, 0.05) is 31.5 Å². The largest absolute Gasteiger partial charge is 0.327 e. The molecule has 27 heavy (non-hydrogen) atoms. The van der Waals surface area contributed by atoms with Gasteiger partial charge in [0.2, 0.25) is 0 Å². The highest BCUT2D eigenvalue weighted by Crippen LogP contribution is 2.24. The fraction of sp³-hybridized carbons (Fsp3) is 0.429. The zero-order valence-corrected chi connectivity index (χ0v) is 15.4. The molecular weight excluding hydrogens is 343 g/mol. The summed E-state index contributed by atoms with van der Waals surface area (Å²) in [5.41, 5.74) is 1.78. The van der Waals surface area contributed by atoms with E-state index in [4.69, 9.17) is 0 Å². The minimum atomic E-state index is -0.324. The van der Waals surface area contributed by atoms with Crippen molar-refractivity contribution in [2.75, 3.05) is 26.2 Å². The smallest absolute Gasteiger partial charge is 0.318 e. The number of likely N-dealkylation sites (tertiary alicyclic amines) is 2. The van der Waals surface area contributed by atoms with E-state index in [-0.39, 0.29) is 17.9 Å². The van der Waals surface area contributed by atoms with Crippen molar-refractivity contribution >= 4 is 6.03 Å². The molecule has 0 spiro atoms. The van der Waals surface area contributed by atoms with Gasteiger partial charge in [-0.1, -0.05) is 18.6 Å². The number of benzene rings is 1. The van der Waals surface area contributed by atoms with Crippen LogP contribution in [0.2, 0.25) is 0 Å². The van der Waals surface area contributed by atoms with Crippen LogP contribution in [-0.2, 0) is 0 Å². The Morgan fingerprint density at radius 2 is 1.63 bits per heavy atom. The fourth-order valence-corrected chi connectivity index (χ4v) is 3.92. The maximum atomic E-state index is 13.3. The second-order valence-corrected chi connectivity index (χ2v) is 7.37. The number of carbonyl (C=O) groups is 1. The molecule has 4 rings (SSSR count). The lowest BCUT2D eigenvalue weighted by molar-refractivity contribution is 0.0445. The number of nitrogens with one attached hydrogen (secondary N) is 1. The number of nitrogens with zero attached hydrogens (tertiary/aromatic N) is 3. The highest BCUT2D eigenvalue weighted by Gasteiger charge is 2.36. The van der Waals surface area contributed by atoms with Crippen LogP contribution in [0, 0.1) is 5.82 Å². The standard InChI is InChI=1S/C21H25FN4O/c22-18-6-4-16(5-7-18)20(17-8-10-23-11-9-17)24-21(27)26-14-19(15-26)25-12-2-1-3-13-25/h4-11,19-20H,1-3,12-15H2,(H,24,27)/t20-/m0/s1. The van der Waals surface area contributed by atoms with E-state index >= 15 is 0 Å². The van der Waals surface area contributed by atoms with Crippen LogP contribution in [0.25, 0.3) is 0 Å². The molecule has 6 heteroatoms. The van der Waals surface area contributed by atoms with Crippen molar-refractivity contribution in [2.45, 2.75) is 31.3 Å². The Hall–Kier alpha value is -2.47. The summed E-state index contributed by atoms with van der Waals surface area (Å²) >= 11 is 0. The number of carbonyl (C=O) groups excluding carboxylic acids is 1. The van der Waals surface area contributed by atoms with E-state index in [1.165, 1.54) is 31.4 Å². The maximum absolute atomic E-state index is 13.3. The van der Waals surface area contributed by atoms with E-state index in [1.54, 1.807) is 24.5 Å². The molecule has 142 valence electrons. The van der Waals surface area contributed by atoms with Gasteiger partial charge in [0.1, 0.15) is 5.82 Å². The Morgan fingerprint density at radius 3 is 2.30 bits per heavy atom. The summed E-state index contributed by atoms with van der Waals surface area (Å²) in [7, 11) is 0. The van der Waals surface area contributed by atoms with Crippen molar-refractivity contribution in [1.82, 2.24) is 20.1 Å². The summed E-state index contributed by atoms with van der Waals surface area (Å²) in [6, 6.07) is 10.1. The normalized spacial score (nSPS) is 19.4. The van der Waals surface area contributed by atoms with Gasteiger partial charge in [-0.15, -0.1) is 0 Å². The fourth-order valence-electron chi connectivity index (χ4n) is 3.92. The third-order valence-corrected chi connectivity index (χ3v) is 5.57. The molecule has 0 aliphatic carbocycles. The Bertz CT molecular complexity index is 756. The molecule has 2 fully saturated rings. The number of piperidine rings is 1. The van der Waals surface area contributed by atoms with Crippen molar-refractivity contribution in [3.8, 4) is 0 Å². The van der Waals surface area contributed by atoms with E-state index in [0.717, 1.165) is 37.3 Å². The molecular formula is C21H25FN4O.